The van der Waals surface area contributed by atoms with Crippen molar-refractivity contribution < 1.29 is 18.3 Å². The molecule has 0 saturated carbocycles. The number of nitrogens with zero attached hydrogens (tertiary/aromatic N) is 1. The topological polar surface area (TPSA) is 107 Å². The molecule has 0 saturated heterocycles. The van der Waals surface area contributed by atoms with E-state index in [-0.39, 0.29) is 25.1 Å². The van der Waals surface area contributed by atoms with E-state index in [1.807, 2.05) is 6.07 Å². The third-order valence-electron chi connectivity index (χ3n) is 1.84. The zero-order valence-electron chi connectivity index (χ0n) is 9.36. The van der Waals surface area contributed by atoms with Crippen LogP contribution in [-0.4, -0.2) is 31.8 Å². The fraction of sp³-hybridized carbons (Fsp3) is 0.778. The maximum atomic E-state index is 11.4. The van der Waals surface area contributed by atoms with Crippen molar-refractivity contribution in [1.29, 1.82) is 5.26 Å². The summed E-state index contributed by atoms with van der Waals surface area (Å²) in [6.07, 6.45) is -0.111. The van der Waals surface area contributed by atoms with Crippen LogP contribution >= 0.6 is 0 Å². The molecule has 0 aromatic carbocycles. The molecular weight excluding hydrogens is 232 g/mol. The Labute approximate surface area is 95.3 Å². The zero-order chi connectivity index (χ0) is 12.8. The minimum absolute atomic E-state index is 0.0267. The molecule has 92 valence electrons. The third kappa shape index (κ3) is 7.20. The predicted molar refractivity (Wildman–Crippen MR) is 58.1 cm³/mol. The lowest BCUT2D eigenvalue weighted by Crippen LogP contribution is -2.34. The van der Waals surface area contributed by atoms with Crippen LogP contribution in [0, 0.1) is 16.7 Å². The molecule has 0 spiro atoms. The molecule has 2 N–H and O–H groups in total. The number of rotatable bonds is 7. The van der Waals surface area contributed by atoms with Gasteiger partial charge in [0.25, 0.3) is 0 Å². The van der Waals surface area contributed by atoms with Gasteiger partial charge in [-0.25, -0.2) is 13.1 Å². The van der Waals surface area contributed by atoms with E-state index in [1.165, 1.54) is 0 Å². The maximum absolute atomic E-state index is 11.4. The average Bonchev–Trinajstić information content (AvgIpc) is 2.14. The largest absolute Gasteiger partial charge is 0.481 e. The van der Waals surface area contributed by atoms with E-state index in [4.69, 9.17) is 10.4 Å². The van der Waals surface area contributed by atoms with Crippen molar-refractivity contribution in [3.8, 4) is 6.07 Å². The molecule has 0 aliphatic rings. The van der Waals surface area contributed by atoms with Crippen LogP contribution in [0.5, 0.6) is 0 Å². The first kappa shape index (κ1) is 14.9. The average molecular weight is 248 g/mol. The fourth-order valence-electron chi connectivity index (χ4n) is 0.815. The highest BCUT2D eigenvalue weighted by Crippen LogP contribution is 2.11. The smallest absolute Gasteiger partial charge is 0.303 e. The highest BCUT2D eigenvalue weighted by Gasteiger charge is 2.20. The molecule has 0 aromatic rings. The molecule has 0 atom stereocenters. The van der Waals surface area contributed by atoms with Crippen molar-refractivity contribution in [2.45, 2.75) is 26.7 Å². The quantitative estimate of drug-likeness (QED) is 0.674. The normalized spacial score (nSPS) is 12.1. The van der Waals surface area contributed by atoms with Crippen molar-refractivity contribution in [1.82, 2.24) is 4.72 Å². The van der Waals surface area contributed by atoms with E-state index in [2.05, 4.69) is 4.72 Å². The monoisotopic (exact) mass is 248 g/mol. The Kier molecular flexibility index (Phi) is 5.41. The van der Waals surface area contributed by atoms with E-state index in [1.54, 1.807) is 13.8 Å². The summed E-state index contributed by atoms with van der Waals surface area (Å²) in [6, 6.07) is 1.97. The lowest BCUT2D eigenvalue weighted by Gasteiger charge is -2.15. The summed E-state index contributed by atoms with van der Waals surface area (Å²) < 4.78 is 25.0. The van der Waals surface area contributed by atoms with Gasteiger partial charge in [0, 0.05) is 13.0 Å². The van der Waals surface area contributed by atoms with E-state index >= 15 is 0 Å². The number of sulfonamides is 1. The number of hydrogen-bond donors (Lipinski definition) is 2. The summed E-state index contributed by atoms with van der Waals surface area (Å²) in [5.41, 5.74) is -0.764. The second-order valence-corrected chi connectivity index (χ2v) is 6.06. The molecule has 0 fully saturated rings. The van der Waals surface area contributed by atoms with Gasteiger partial charge in [0.05, 0.1) is 17.2 Å². The Bertz CT molecular complexity index is 381. The number of nitrogens with one attached hydrogen (secondary N) is 1. The Morgan fingerprint density at radius 3 is 2.50 bits per heavy atom. The molecule has 0 amide bonds. The van der Waals surface area contributed by atoms with Gasteiger partial charge in [0.2, 0.25) is 10.0 Å². The SMILES string of the molecule is CC(C)(C#N)CNS(=O)(=O)CCCC(=O)O. The summed E-state index contributed by atoms with van der Waals surface area (Å²) in [5.74, 6) is -1.26. The first-order chi connectivity index (χ1) is 7.18. The minimum Gasteiger partial charge on any atom is -0.481 e. The van der Waals surface area contributed by atoms with Gasteiger partial charge in [-0.05, 0) is 20.3 Å². The van der Waals surface area contributed by atoms with Gasteiger partial charge in [-0.15, -0.1) is 0 Å². The number of nitriles is 1. The lowest BCUT2D eigenvalue weighted by atomic mass is 9.97. The Balaban J connectivity index is 4.08. The molecule has 0 aliphatic heterocycles. The van der Waals surface area contributed by atoms with Crippen LogP contribution in [0.25, 0.3) is 0 Å². The first-order valence-corrected chi connectivity index (χ1v) is 6.44. The molecule has 0 aromatic heterocycles. The van der Waals surface area contributed by atoms with E-state index in [9.17, 15) is 13.2 Å². The molecule has 0 heterocycles. The minimum atomic E-state index is -3.48. The molecule has 0 bridgehead atoms. The van der Waals surface area contributed by atoms with Crippen LogP contribution in [0.15, 0.2) is 0 Å². The van der Waals surface area contributed by atoms with Crippen LogP contribution in [0.4, 0.5) is 0 Å². The summed E-state index contributed by atoms with van der Waals surface area (Å²) in [4.78, 5) is 10.2. The van der Waals surface area contributed by atoms with Crippen molar-refractivity contribution in [3.05, 3.63) is 0 Å². The van der Waals surface area contributed by atoms with Crippen molar-refractivity contribution >= 4 is 16.0 Å². The zero-order valence-corrected chi connectivity index (χ0v) is 10.2. The van der Waals surface area contributed by atoms with Gasteiger partial charge in [0.1, 0.15) is 0 Å². The Morgan fingerprint density at radius 1 is 1.50 bits per heavy atom. The molecule has 16 heavy (non-hydrogen) atoms. The van der Waals surface area contributed by atoms with E-state index in [0.717, 1.165) is 0 Å². The fourth-order valence-corrected chi connectivity index (χ4v) is 2.06. The summed E-state index contributed by atoms with van der Waals surface area (Å²) in [5, 5.41) is 17.0. The van der Waals surface area contributed by atoms with Gasteiger partial charge in [0.15, 0.2) is 0 Å². The standard InChI is InChI=1S/C9H16N2O4S/c1-9(2,6-10)7-11-16(14,15)5-3-4-8(12)13/h11H,3-5,7H2,1-2H3,(H,12,13). The highest BCUT2D eigenvalue weighted by molar-refractivity contribution is 7.89. The van der Waals surface area contributed by atoms with Crippen LogP contribution in [0.3, 0.4) is 0 Å². The number of hydrogen-bond acceptors (Lipinski definition) is 4. The number of carbonyl (C=O) groups is 1. The second-order valence-electron chi connectivity index (χ2n) is 4.13. The molecular formula is C9H16N2O4S. The third-order valence-corrected chi connectivity index (χ3v) is 3.25. The molecule has 7 heteroatoms. The van der Waals surface area contributed by atoms with Gasteiger partial charge in [-0.2, -0.15) is 5.26 Å². The molecule has 6 nitrogen and oxygen atoms in total. The summed E-state index contributed by atoms with van der Waals surface area (Å²) in [7, 11) is -3.48. The van der Waals surface area contributed by atoms with Crippen molar-refractivity contribution in [3.63, 3.8) is 0 Å². The molecule has 0 radical (unpaired) electrons. The predicted octanol–water partition coefficient (Wildman–Crippen LogP) is 0.320. The Hall–Kier alpha value is -1.13. The number of carboxylic acid groups (broad SMARTS) is 1. The van der Waals surface area contributed by atoms with Crippen LogP contribution < -0.4 is 4.72 Å². The molecule has 0 unspecified atom stereocenters. The van der Waals surface area contributed by atoms with Gasteiger partial charge in [-0.3, -0.25) is 4.79 Å². The van der Waals surface area contributed by atoms with Gasteiger partial charge < -0.3 is 5.11 Å². The van der Waals surface area contributed by atoms with Crippen LogP contribution in [0.2, 0.25) is 0 Å². The highest BCUT2D eigenvalue weighted by atomic mass is 32.2. The first-order valence-electron chi connectivity index (χ1n) is 4.79. The summed E-state index contributed by atoms with van der Waals surface area (Å²) >= 11 is 0. The lowest BCUT2D eigenvalue weighted by molar-refractivity contribution is -0.137. The van der Waals surface area contributed by atoms with E-state index < -0.39 is 21.4 Å². The van der Waals surface area contributed by atoms with Crippen molar-refractivity contribution in [2.24, 2.45) is 5.41 Å². The molecule has 0 aliphatic carbocycles. The molecule has 0 rings (SSSR count). The maximum Gasteiger partial charge on any atom is 0.303 e. The number of aliphatic carboxylic acids is 1. The van der Waals surface area contributed by atoms with E-state index in [0.29, 0.717) is 0 Å². The Morgan fingerprint density at radius 2 is 2.06 bits per heavy atom. The van der Waals surface area contributed by atoms with Gasteiger partial charge in [-0.1, -0.05) is 0 Å². The second kappa shape index (κ2) is 5.82. The van der Waals surface area contributed by atoms with Crippen molar-refractivity contribution in [2.75, 3.05) is 12.3 Å². The van der Waals surface area contributed by atoms with Crippen LogP contribution in [-0.2, 0) is 14.8 Å². The van der Waals surface area contributed by atoms with Crippen LogP contribution in [0.1, 0.15) is 26.7 Å². The summed E-state index contributed by atoms with van der Waals surface area (Å²) in [6.45, 7) is 3.26. The number of carboxylic acids is 1. The van der Waals surface area contributed by atoms with Gasteiger partial charge >= 0.3 is 5.97 Å².